The van der Waals surface area contributed by atoms with E-state index in [0.29, 0.717) is 5.15 Å². The summed E-state index contributed by atoms with van der Waals surface area (Å²) in [6, 6.07) is 1.97. The average Bonchev–Trinajstić information content (AvgIpc) is 2.34. The largest absolute Gasteiger partial charge is 0.277 e. The predicted molar refractivity (Wildman–Crippen MR) is 44.9 cm³/mol. The van der Waals surface area contributed by atoms with Crippen LogP contribution in [0.5, 0.6) is 0 Å². The van der Waals surface area contributed by atoms with Gasteiger partial charge in [-0.2, -0.15) is 0 Å². The third-order valence-corrected chi connectivity index (χ3v) is 2.25. The van der Waals surface area contributed by atoms with E-state index < -0.39 is 0 Å². The van der Waals surface area contributed by atoms with Crippen LogP contribution in [-0.2, 0) is 6.42 Å². The number of anilines is 1. The van der Waals surface area contributed by atoms with E-state index in [1.54, 1.807) is 0 Å². The second-order valence-electron chi connectivity index (χ2n) is 2.83. The molecule has 3 heteroatoms. The highest BCUT2D eigenvalue weighted by molar-refractivity contribution is 6.28. The van der Waals surface area contributed by atoms with Crippen molar-refractivity contribution in [2.24, 2.45) is 0 Å². The average molecular weight is 170 g/mol. The van der Waals surface area contributed by atoms with Crippen molar-refractivity contribution in [3.63, 3.8) is 0 Å². The number of aryl methyl sites for hydroxylation is 1. The zero-order valence-electron chi connectivity index (χ0n) is 6.37. The van der Waals surface area contributed by atoms with Crippen molar-refractivity contribution in [1.29, 1.82) is 0 Å². The number of aromatic nitrogens is 1. The van der Waals surface area contributed by atoms with Crippen molar-refractivity contribution < 1.29 is 4.98 Å². The van der Waals surface area contributed by atoms with Gasteiger partial charge in [-0.05, 0) is 24.1 Å². The summed E-state index contributed by atoms with van der Waals surface area (Å²) >= 11 is 5.83. The fourth-order valence-electron chi connectivity index (χ4n) is 1.49. The highest BCUT2D eigenvalue weighted by Crippen LogP contribution is 2.21. The summed E-state index contributed by atoms with van der Waals surface area (Å²) in [5.74, 6) is 1.09. The summed E-state index contributed by atoms with van der Waals surface area (Å²) in [6.07, 6.45) is 1.11. The molecular formula is C8H10ClN2+. The van der Waals surface area contributed by atoms with Crippen molar-refractivity contribution in [1.82, 2.24) is 0 Å². The van der Waals surface area contributed by atoms with Gasteiger partial charge in [0.2, 0.25) is 0 Å². The van der Waals surface area contributed by atoms with Gasteiger partial charge in [0.25, 0.3) is 5.82 Å². The van der Waals surface area contributed by atoms with Gasteiger partial charge in [0.1, 0.15) is 0 Å². The number of pyridine rings is 1. The van der Waals surface area contributed by atoms with Gasteiger partial charge in [0.15, 0.2) is 5.15 Å². The Morgan fingerprint density at radius 1 is 1.64 bits per heavy atom. The van der Waals surface area contributed by atoms with Crippen LogP contribution in [0.4, 0.5) is 5.82 Å². The Bertz CT molecular complexity index is 296. The van der Waals surface area contributed by atoms with Gasteiger partial charge in [-0.15, -0.1) is 0 Å². The normalized spacial score (nSPS) is 14.4. The van der Waals surface area contributed by atoms with Crippen molar-refractivity contribution in [2.75, 3.05) is 11.9 Å². The summed E-state index contributed by atoms with van der Waals surface area (Å²) in [5.41, 5.74) is 2.64. The van der Waals surface area contributed by atoms with E-state index in [2.05, 4.69) is 17.2 Å². The lowest BCUT2D eigenvalue weighted by atomic mass is 10.1. The summed E-state index contributed by atoms with van der Waals surface area (Å²) in [6.45, 7) is 3.11. The van der Waals surface area contributed by atoms with E-state index in [0.717, 1.165) is 18.8 Å². The molecule has 1 aromatic rings. The third-order valence-electron chi connectivity index (χ3n) is 2.04. The SMILES string of the molecule is Cc1cc(Cl)[nH+]c2c1CCN2. The maximum Gasteiger partial charge on any atom is 0.277 e. The molecule has 11 heavy (non-hydrogen) atoms. The van der Waals surface area contributed by atoms with E-state index in [-0.39, 0.29) is 0 Å². The van der Waals surface area contributed by atoms with Crippen LogP contribution < -0.4 is 10.3 Å². The molecule has 0 radical (unpaired) electrons. The van der Waals surface area contributed by atoms with Crippen LogP contribution >= 0.6 is 11.6 Å². The number of rotatable bonds is 0. The monoisotopic (exact) mass is 169 g/mol. The molecule has 2 heterocycles. The first-order valence-corrected chi connectivity index (χ1v) is 4.10. The van der Waals surface area contributed by atoms with Gasteiger partial charge >= 0.3 is 0 Å². The quantitative estimate of drug-likeness (QED) is 0.585. The molecule has 58 valence electrons. The predicted octanol–water partition coefficient (Wildman–Crippen LogP) is 1.43. The van der Waals surface area contributed by atoms with Gasteiger partial charge in [-0.3, -0.25) is 5.32 Å². The lowest BCUT2D eigenvalue weighted by Crippen LogP contribution is -2.11. The molecule has 0 aliphatic carbocycles. The third kappa shape index (κ3) is 1.07. The minimum absolute atomic E-state index is 0.704. The molecule has 0 spiro atoms. The van der Waals surface area contributed by atoms with Crippen LogP contribution in [0.1, 0.15) is 11.1 Å². The van der Waals surface area contributed by atoms with Gasteiger partial charge < -0.3 is 0 Å². The first kappa shape index (κ1) is 6.92. The zero-order valence-corrected chi connectivity index (χ0v) is 7.13. The van der Waals surface area contributed by atoms with Crippen molar-refractivity contribution >= 4 is 17.4 Å². The first-order valence-electron chi connectivity index (χ1n) is 3.72. The van der Waals surface area contributed by atoms with Crippen molar-refractivity contribution in [2.45, 2.75) is 13.3 Å². The Balaban J connectivity index is 2.60. The Kier molecular flexibility index (Phi) is 1.50. The number of halogens is 1. The van der Waals surface area contributed by atoms with Crippen LogP contribution in [0.2, 0.25) is 5.15 Å². The maximum atomic E-state index is 5.83. The molecule has 0 unspecified atom stereocenters. The molecule has 2 rings (SSSR count). The number of nitrogens with one attached hydrogen (secondary N) is 2. The van der Waals surface area contributed by atoms with Gasteiger partial charge in [-0.1, -0.05) is 0 Å². The number of H-pyrrole nitrogens is 1. The molecule has 1 aromatic heterocycles. The Labute approximate surface area is 70.6 Å². The van der Waals surface area contributed by atoms with E-state index in [9.17, 15) is 0 Å². The zero-order chi connectivity index (χ0) is 7.84. The summed E-state index contributed by atoms with van der Waals surface area (Å²) in [7, 11) is 0. The molecule has 2 nitrogen and oxygen atoms in total. The molecule has 0 saturated heterocycles. The molecule has 1 aliphatic heterocycles. The molecule has 0 atom stereocenters. The number of hydrogen-bond acceptors (Lipinski definition) is 1. The van der Waals surface area contributed by atoms with E-state index >= 15 is 0 Å². The molecule has 0 aromatic carbocycles. The van der Waals surface area contributed by atoms with Crippen LogP contribution in [0.3, 0.4) is 0 Å². The summed E-state index contributed by atoms with van der Waals surface area (Å²) in [4.78, 5) is 3.08. The molecule has 0 fully saturated rings. The van der Waals surface area contributed by atoms with Crippen LogP contribution in [0.25, 0.3) is 0 Å². The molecule has 1 aliphatic rings. The molecule has 0 amide bonds. The van der Waals surface area contributed by atoms with Crippen LogP contribution in [0.15, 0.2) is 6.07 Å². The fourth-order valence-corrected chi connectivity index (χ4v) is 1.75. The number of aromatic amines is 1. The van der Waals surface area contributed by atoms with E-state index in [4.69, 9.17) is 11.6 Å². The second-order valence-corrected chi connectivity index (χ2v) is 3.24. The van der Waals surface area contributed by atoms with Gasteiger partial charge in [0, 0.05) is 18.1 Å². The van der Waals surface area contributed by atoms with Crippen molar-refractivity contribution in [3.05, 3.63) is 22.3 Å². The summed E-state index contributed by atoms with van der Waals surface area (Å²) in [5, 5.41) is 3.95. The highest BCUT2D eigenvalue weighted by atomic mass is 35.5. The fraction of sp³-hybridized carbons (Fsp3) is 0.375. The second kappa shape index (κ2) is 2.38. The maximum absolute atomic E-state index is 5.83. The van der Waals surface area contributed by atoms with E-state index in [1.165, 1.54) is 11.1 Å². The Hall–Kier alpha value is -0.760. The minimum atomic E-state index is 0.704. The van der Waals surface area contributed by atoms with Crippen LogP contribution in [-0.4, -0.2) is 6.54 Å². The molecule has 0 bridgehead atoms. The van der Waals surface area contributed by atoms with Gasteiger partial charge in [-0.25, -0.2) is 4.98 Å². The molecular weight excluding hydrogens is 160 g/mol. The molecule has 2 N–H and O–H groups in total. The standard InChI is InChI=1S/C8H9ClN2/c1-5-4-7(9)11-8-6(5)2-3-10-8/h4H,2-3H2,1H3,(H,10,11)/p+1. The van der Waals surface area contributed by atoms with Crippen molar-refractivity contribution in [3.8, 4) is 0 Å². The van der Waals surface area contributed by atoms with E-state index in [1.807, 2.05) is 6.07 Å². The first-order chi connectivity index (χ1) is 5.27. The smallest absolute Gasteiger partial charge is 0.274 e. The lowest BCUT2D eigenvalue weighted by molar-refractivity contribution is -0.358. The topological polar surface area (TPSA) is 26.2 Å². The Morgan fingerprint density at radius 3 is 3.27 bits per heavy atom. The Morgan fingerprint density at radius 2 is 2.45 bits per heavy atom. The lowest BCUT2D eigenvalue weighted by Gasteiger charge is -1.97. The number of fused-ring (bicyclic) bond motifs is 1. The molecule has 0 saturated carbocycles. The minimum Gasteiger partial charge on any atom is -0.274 e. The van der Waals surface area contributed by atoms with Crippen LogP contribution in [0, 0.1) is 6.92 Å². The summed E-state index contributed by atoms with van der Waals surface area (Å²) < 4.78 is 0. The highest BCUT2D eigenvalue weighted by Gasteiger charge is 2.20. The number of hydrogen-bond donors (Lipinski definition) is 1. The van der Waals surface area contributed by atoms with Gasteiger partial charge in [0.05, 0.1) is 6.54 Å².